The van der Waals surface area contributed by atoms with Gasteiger partial charge >= 0.3 is 0 Å². The van der Waals surface area contributed by atoms with Crippen LogP contribution in [0.5, 0.6) is 0 Å². The minimum Gasteiger partial charge on any atom is -0.350 e. The van der Waals surface area contributed by atoms with Crippen molar-refractivity contribution >= 4 is 10.9 Å². The Labute approximate surface area is 103 Å². The van der Waals surface area contributed by atoms with Crippen LogP contribution in [0, 0.1) is 6.92 Å². The van der Waals surface area contributed by atoms with Gasteiger partial charge in [-0.25, -0.2) is 0 Å². The predicted octanol–water partition coefficient (Wildman–Crippen LogP) is 3.13. The number of hydrogen-bond donors (Lipinski definition) is 1. The molecule has 0 atom stereocenters. The number of aryl methyl sites for hydroxylation is 2. The summed E-state index contributed by atoms with van der Waals surface area (Å²) in [5, 5.41) is 5.05. The van der Waals surface area contributed by atoms with E-state index in [0.29, 0.717) is 0 Å². The van der Waals surface area contributed by atoms with E-state index in [-0.39, 0.29) is 0 Å². The molecule has 2 nitrogen and oxygen atoms in total. The lowest BCUT2D eigenvalue weighted by atomic mass is 9.93. The molecule has 2 heteroatoms. The Morgan fingerprint density at radius 2 is 2.18 bits per heavy atom. The van der Waals surface area contributed by atoms with Crippen molar-refractivity contribution in [2.75, 3.05) is 0 Å². The number of fused-ring (bicyclic) bond motifs is 1. The van der Waals surface area contributed by atoms with Gasteiger partial charge in [-0.1, -0.05) is 24.6 Å². The third-order valence-electron chi connectivity index (χ3n) is 3.97. The van der Waals surface area contributed by atoms with E-state index in [1.807, 2.05) is 0 Å². The predicted molar refractivity (Wildman–Crippen MR) is 72.1 cm³/mol. The maximum absolute atomic E-state index is 3.65. The first kappa shape index (κ1) is 10.8. The lowest BCUT2D eigenvalue weighted by molar-refractivity contribution is 0.338. The van der Waals surface area contributed by atoms with Crippen molar-refractivity contribution in [3.05, 3.63) is 35.5 Å². The van der Waals surface area contributed by atoms with Gasteiger partial charge in [0.1, 0.15) is 0 Å². The Bertz CT molecular complexity index is 535. The van der Waals surface area contributed by atoms with Gasteiger partial charge in [0.05, 0.1) is 5.52 Å². The Morgan fingerprint density at radius 1 is 1.35 bits per heavy atom. The summed E-state index contributed by atoms with van der Waals surface area (Å²) >= 11 is 0. The van der Waals surface area contributed by atoms with Crippen LogP contribution in [0.3, 0.4) is 0 Å². The van der Waals surface area contributed by atoms with E-state index in [2.05, 4.69) is 48.3 Å². The van der Waals surface area contributed by atoms with Crippen molar-refractivity contribution in [2.24, 2.45) is 7.05 Å². The molecule has 1 aromatic heterocycles. The third kappa shape index (κ3) is 1.87. The fraction of sp³-hybridized carbons (Fsp3) is 0.467. The molecule has 1 N–H and O–H groups in total. The van der Waals surface area contributed by atoms with Gasteiger partial charge in [-0.2, -0.15) is 0 Å². The summed E-state index contributed by atoms with van der Waals surface area (Å²) in [7, 11) is 2.14. The number of hydrogen-bond acceptors (Lipinski definition) is 1. The van der Waals surface area contributed by atoms with Gasteiger partial charge in [-0.15, -0.1) is 0 Å². The van der Waals surface area contributed by atoms with Gasteiger partial charge in [0.15, 0.2) is 0 Å². The van der Waals surface area contributed by atoms with Crippen LogP contribution in [0.2, 0.25) is 0 Å². The van der Waals surface area contributed by atoms with Crippen molar-refractivity contribution in [3.63, 3.8) is 0 Å². The molecule has 0 radical (unpaired) electrons. The quantitative estimate of drug-likeness (QED) is 0.854. The normalized spacial score (nSPS) is 16.4. The molecular weight excluding hydrogens is 208 g/mol. The highest BCUT2D eigenvalue weighted by Crippen LogP contribution is 2.25. The first-order valence-electron chi connectivity index (χ1n) is 6.52. The molecule has 0 bridgehead atoms. The summed E-state index contributed by atoms with van der Waals surface area (Å²) in [5.74, 6) is 0. The Kier molecular flexibility index (Phi) is 2.67. The molecule has 1 aliphatic rings. The molecular formula is C15H20N2. The topological polar surface area (TPSA) is 17.0 Å². The Morgan fingerprint density at radius 3 is 2.88 bits per heavy atom. The highest BCUT2D eigenvalue weighted by Gasteiger charge is 2.17. The second-order valence-corrected chi connectivity index (χ2v) is 5.25. The Balaban J connectivity index is 1.90. The lowest BCUT2D eigenvalue weighted by Crippen LogP contribution is -2.34. The first-order chi connectivity index (χ1) is 8.25. The van der Waals surface area contributed by atoms with E-state index in [1.54, 1.807) is 0 Å². The zero-order valence-corrected chi connectivity index (χ0v) is 10.7. The fourth-order valence-electron chi connectivity index (χ4n) is 2.76. The SMILES string of the molecule is Cc1cccc2c(CNC3CCC3)cn(C)c12. The van der Waals surface area contributed by atoms with Crippen LogP contribution < -0.4 is 5.32 Å². The molecule has 3 rings (SSSR count). The molecule has 0 unspecified atom stereocenters. The minimum absolute atomic E-state index is 0.759. The first-order valence-corrected chi connectivity index (χ1v) is 6.52. The third-order valence-corrected chi connectivity index (χ3v) is 3.97. The lowest BCUT2D eigenvalue weighted by Gasteiger charge is -2.26. The zero-order valence-electron chi connectivity index (χ0n) is 10.7. The van der Waals surface area contributed by atoms with Crippen LogP contribution in [0.25, 0.3) is 10.9 Å². The second-order valence-electron chi connectivity index (χ2n) is 5.25. The van der Waals surface area contributed by atoms with Crippen molar-refractivity contribution in [1.29, 1.82) is 0 Å². The number of nitrogens with one attached hydrogen (secondary N) is 1. The van der Waals surface area contributed by atoms with Crippen LogP contribution in [-0.4, -0.2) is 10.6 Å². The number of aromatic nitrogens is 1. The average Bonchev–Trinajstić information content (AvgIpc) is 2.55. The molecule has 90 valence electrons. The van der Waals surface area contributed by atoms with Gasteiger partial charge < -0.3 is 9.88 Å². The van der Waals surface area contributed by atoms with E-state index in [4.69, 9.17) is 0 Å². The van der Waals surface area contributed by atoms with Gasteiger partial charge in [0, 0.05) is 31.2 Å². The molecule has 17 heavy (non-hydrogen) atoms. The van der Waals surface area contributed by atoms with Crippen molar-refractivity contribution in [2.45, 2.75) is 38.8 Å². The maximum atomic E-state index is 3.65. The molecule has 0 aliphatic heterocycles. The summed E-state index contributed by atoms with van der Waals surface area (Å²) < 4.78 is 2.25. The number of para-hydroxylation sites is 1. The van der Waals surface area contributed by atoms with Gasteiger partial charge in [-0.05, 0) is 30.9 Å². The average molecular weight is 228 g/mol. The monoisotopic (exact) mass is 228 g/mol. The largest absolute Gasteiger partial charge is 0.350 e. The summed E-state index contributed by atoms with van der Waals surface area (Å²) in [5.41, 5.74) is 4.16. The van der Waals surface area contributed by atoms with Crippen molar-refractivity contribution < 1.29 is 0 Å². The fourth-order valence-corrected chi connectivity index (χ4v) is 2.76. The van der Waals surface area contributed by atoms with Crippen LogP contribution in [-0.2, 0) is 13.6 Å². The number of benzene rings is 1. The van der Waals surface area contributed by atoms with E-state index < -0.39 is 0 Å². The van der Waals surface area contributed by atoms with Crippen LogP contribution >= 0.6 is 0 Å². The summed E-state index contributed by atoms with van der Waals surface area (Å²) in [4.78, 5) is 0. The number of rotatable bonds is 3. The van der Waals surface area contributed by atoms with Gasteiger partial charge in [0.25, 0.3) is 0 Å². The molecule has 0 amide bonds. The molecule has 0 spiro atoms. The highest BCUT2D eigenvalue weighted by atomic mass is 15.0. The van der Waals surface area contributed by atoms with E-state index in [9.17, 15) is 0 Å². The standard InChI is InChI=1S/C15H20N2/c1-11-5-3-8-14-12(10-17(2)15(11)14)9-16-13-6-4-7-13/h3,5,8,10,13,16H,4,6-7,9H2,1-2H3. The summed E-state index contributed by atoms with van der Waals surface area (Å²) in [6.45, 7) is 3.19. The summed E-state index contributed by atoms with van der Waals surface area (Å²) in [6, 6.07) is 7.34. The molecule has 1 aliphatic carbocycles. The smallest absolute Gasteiger partial charge is 0.0510 e. The van der Waals surface area contributed by atoms with E-state index in [1.165, 1.54) is 41.3 Å². The van der Waals surface area contributed by atoms with Crippen LogP contribution in [0.4, 0.5) is 0 Å². The zero-order chi connectivity index (χ0) is 11.8. The number of nitrogens with zero attached hydrogens (tertiary/aromatic N) is 1. The van der Waals surface area contributed by atoms with Crippen molar-refractivity contribution in [1.82, 2.24) is 9.88 Å². The molecule has 1 heterocycles. The molecule has 0 saturated heterocycles. The molecule has 1 aromatic carbocycles. The minimum atomic E-state index is 0.759. The molecule has 2 aromatic rings. The molecule has 1 saturated carbocycles. The van der Waals surface area contributed by atoms with Crippen molar-refractivity contribution in [3.8, 4) is 0 Å². The van der Waals surface area contributed by atoms with E-state index in [0.717, 1.165) is 12.6 Å². The second kappa shape index (κ2) is 4.19. The molecule has 1 fully saturated rings. The highest BCUT2D eigenvalue weighted by molar-refractivity contribution is 5.86. The van der Waals surface area contributed by atoms with Gasteiger partial charge in [-0.3, -0.25) is 0 Å². The maximum Gasteiger partial charge on any atom is 0.0510 e. The van der Waals surface area contributed by atoms with Gasteiger partial charge in [0.2, 0.25) is 0 Å². The Hall–Kier alpha value is -1.28. The van der Waals surface area contributed by atoms with Crippen LogP contribution in [0.15, 0.2) is 24.4 Å². The van der Waals surface area contributed by atoms with E-state index >= 15 is 0 Å². The summed E-state index contributed by atoms with van der Waals surface area (Å²) in [6.07, 6.45) is 6.36. The van der Waals surface area contributed by atoms with Crippen LogP contribution in [0.1, 0.15) is 30.4 Å².